The number of rotatable bonds is 3. The average Bonchev–Trinajstić information content (AvgIpc) is 2.41. The number of aryl methyl sites for hydroxylation is 1. The van der Waals surface area contributed by atoms with Crippen LogP contribution in [-0.2, 0) is 13.6 Å². The van der Waals surface area contributed by atoms with Gasteiger partial charge in [0.25, 0.3) is 0 Å². The SMILES string of the molecule is Cn1ccn(Cc2ccc(F)c(B(O)O)c2)c(=O)c1=O. The number of aromatic nitrogens is 2. The first kappa shape index (κ1) is 14.2. The third kappa shape index (κ3) is 2.71. The van der Waals surface area contributed by atoms with Crippen LogP contribution >= 0.6 is 0 Å². The fourth-order valence-electron chi connectivity index (χ4n) is 1.80. The number of benzene rings is 1. The molecule has 1 heterocycles. The molecule has 0 aliphatic rings. The van der Waals surface area contributed by atoms with Crippen molar-refractivity contribution >= 4 is 12.6 Å². The van der Waals surface area contributed by atoms with Gasteiger partial charge in [-0.05, 0) is 11.6 Å². The van der Waals surface area contributed by atoms with E-state index in [1.54, 1.807) is 0 Å². The van der Waals surface area contributed by atoms with Crippen molar-refractivity contribution in [2.45, 2.75) is 6.54 Å². The summed E-state index contributed by atoms with van der Waals surface area (Å²) in [7, 11) is -0.470. The Morgan fingerprint density at radius 2 is 1.90 bits per heavy atom. The molecule has 1 aromatic heterocycles. The zero-order valence-electron chi connectivity index (χ0n) is 10.7. The van der Waals surface area contributed by atoms with Crippen LogP contribution in [0.15, 0.2) is 40.2 Å². The highest BCUT2D eigenvalue weighted by atomic mass is 19.1. The van der Waals surface area contributed by atoms with Crippen molar-refractivity contribution in [3.63, 3.8) is 0 Å². The lowest BCUT2D eigenvalue weighted by Crippen LogP contribution is -2.40. The highest BCUT2D eigenvalue weighted by molar-refractivity contribution is 6.58. The number of hydrogen-bond donors (Lipinski definition) is 2. The lowest BCUT2D eigenvalue weighted by atomic mass is 9.79. The van der Waals surface area contributed by atoms with E-state index in [1.807, 2.05) is 0 Å². The Labute approximate surface area is 113 Å². The van der Waals surface area contributed by atoms with Crippen LogP contribution in [0.2, 0.25) is 0 Å². The molecule has 104 valence electrons. The van der Waals surface area contributed by atoms with Crippen LogP contribution in [0.5, 0.6) is 0 Å². The summed E-state index contributed by atoms with van der Waals surface area (Å²) in [4.78, 5) is 23.2. The van der Waals surface area contributed by atoms with E-state index in [4.69, 9.17) is 10.0 Å². The average molecular weight is 278 g/mol. The maximum atomic E-state index is 13.3. The molecule has 8 heteroatoms. The highest BCUT2D eigenvalue weighted by Gasteiger charge is 2.17. The van der Waals surface area contributed by atoms with E-state index >= 15 is 0 Å². The molecule has 1 aromatic carbocycles. The van der Waals surface area contributed by atoms with Crippen molar-refractivity contribution in [3.05, 3.63) is 62.7 Å². The second-order valence-electron chi connectivity index (χ2n) is 4.38. The van der Waals surface area contributed by atoms with Crippen LogP contribution in [0.4, 0.5) is 4.39 Å². The fraction of sp³-hybridized carbons (Fsp3) is 0.167. The summed E-state index contributed by atoms with van der Waals surface area (Å²) >= 11 is 0. The quantitative estimate of drug-likeness (QED) is 0.524. The van der Waals surface area contributed by atoms with E-state index in [0.29, 0.717) is 5.56 Å². The highest BCUT2D eigenvalue weighted by Crippen LogP contribution is 2.03. The molecular weight excluding hydrogens is 266 g/mol. The van der Waals surface area contributed by atoms with E-state index in [1.165, 1.54) is 36.1 Å². The summed E-state index contributed by atoms with van der Waals surface area (Å²) in [6.45, 7) is 0.0366. The minimum atomic E-state index is -1.93. The maximum absolute atomic E-state index is 13.3. The van der Waals surface area contributed by atoms with Gasteiger partial charge in [-0.15, -0.1) is 0 Å². The van der Waals surface area contributed by atoms with Crippen molar-refractivity contribution < 1.29 is 14.4 Å². The molecule has 0 bridgehead atoms. The van der Waals surface area contributed by atoms with E-state index in [2.05, 4.69) is 0 Å². The van der Waals surface area contributed by atoms with Gasteiger partial charge in [-0.2, -0.15) is 0 Å². The molecule has 0 atom stereocenters. The molecule has 0 spiro atoms. The molecule has 2 rings (SSSR count). The minimum absolute atomic E-state index is 0.0366. The third-order valence-corrected chi connectivity index (χ3v) is 2.93. The first-order valence-corrected chi connectivity index (χ1v) is 5.80. The predicted octanol–water partition coefficient (Wildman–Crippen LogP) is -1.59. The van der Waals surface area contributed by atoms with Crippen molar-refractivity contribution in [2.24, 2.45) is 7.05 Å². The molecule has 0 fully saturated rings. The molecule has 2 N–H and O–H groups in total. The molecule has 0 saturated carbocycles. The summed E-state index contributed by atoms with van der Waals surface area (Å²) in [6.07, 6.45) is 2.87. The molecule has 6 nitrogen and oxygen atoms in total. The first-order valence-electron chi connectivity index (χ1n) is 5.80. The van der Waals surface area contributed by atoms with Gasteiger partial charge in [-0.3, -0.25) is 9.59 Å². The second kappa shape index (κ2) is 5.44. The Balaban J connectivity index is 2.41. The molecule has 20 heavy (non-hydrogen) atoms. The summed E-state index contributed by atoms with van der Waals surface area (Å²) < 4.78 is 15.6. The van der Waals surface area contributed by atoms with Crippen molar-refractivity contribution in [3.8, 4) is 0 Å². The lowest BCUT2D eigenvalue weighted by molar-refractivity contribution is 0.423. The Morgan fingerprint density at radius 3 is 2.55 bits per heavy atom. The summed E-state index contributed by atoms with van der Waals surface area (Å²) in [5, 5.41) is 18.0. The van der Waals surface area contributed by atoms with E-state index < -0.39 is 24.1 Å². The topological polar surface area (TPSA) is 84.5 Å². The van der Waals surface area contributed by atoms with Gasteiger partial charge < -0.3 is 19.2 Å². The molecule has 2 aromatic rings. The van der Waals surface area contributed by atoms with Gasteiger partial charge in [0.2, 0.25) is 0 Å². The van der Waals surface area contributed by atoms with Gasteiger partial charge in [0.1, 0.15) is 5.82 Å². The van der Waals surface area contributed by atoms with Crippen LogP contribution in [0.25, 0.3) is 0 Å². The lowest BCUT2D eigenvalue weighted by Gasteiger charge is -2.08. The van der Waals surface area contributed by atoms with E-state index in [9.17, 15) is 14.0 Å². The van der Waals surface area contributed by atoms with Crippen LogP contribution in [0, 0.1) is 5.82 Å². The molecule has 0 amide bonds. The van der Waals surface area contributed by atoms with Crippen molar-refractivity contribution in [1.82, 2.24) is 9.13 Å². The predicted molar refractivity (Wildman–Crippen MR) is 71.3 cm³/mol. The Morgan fingerprint density at radius 1 is 1.20 bits per heavy atom. The van der Waals surface area contributed by atoms with Gasteiger partial charge in [0.15, 0.2) is 0 Å². The van der Waals surface area contributed by atoms with Gasteiger partial charge in [0.05, 0.1) is 6.54 Å². The molecular formula is C12H12BFN2O4. The zero-order chi connectivity index (χ0) is 14.9. The largest absolute Gasteiger partial charge is 0.491 e. The van der Waals surface area contributed by atoms with Gasteiger partial charge in [0, 0.05) is 24.9 Å². The summed E-state index contributed by atoms with van der Waals surface area (Å²) in [6, 6.07) is 3.73. The van der Waals surface area contributed by atoms with Crippen LogP contribution in [-0.4, -0.2) is 26.3 Å². The molecule has 0 unspecified atom stereocenters. The van der Waals surface area contributed by atoms with Crippen molar-refractivity contribution in [1.29, 1.82) is 0 Å². The van der Waals surface area contributed by atoms with Gasteiger partial charge in [-0.1, -0.05) is 12.1 Å². The zero-order valence-corrected chi connectivity index (χ0v) is 10.7. The summed E-state index contributed by atoms with van der Waals surface area (Å²) in [5.41, 5.74) is -1.17. The maximum Gasteiger partial charge on any atom is 0.491 e. The van der Waals surface area contributed by atoms with E-state index in [-0.39, 0.29) is 12.0 Å². The van der Waals surface area contributed by atoms with Gasteiger partial charge in [-0.25, -0.2) is 4.39 Å². The standard InChI is InChI=1S/C12H12BFN2O4/c1-15-4-5-16(12(18)11(15)17)7-8-2-3-10(14)9(6-8)13(19)20/h2-6,19-20H,7H2,1H3. The Kier molecular flexibility index (Phi) is 3.87. The fourth-order valence-corrected chi connectivity index (χ4v) is 1.80. The van der Waals surface area contributed by atoms with Crippen LogP contribution in [0.1, 0.15) is 5.56 Å². The number of halogens is 1. The Bertz CT molecular complexity index is 754. The third-order valence-electron chi connectivity index (χ3n) is 2.93. The van der Waals surface area contributed by atoms with Gasteiger partial charge >= 0.3 is 18.2 Å². The molecule has 0 aliphatic carbocycles. The summed E-state index contributed by atoms with van der Waals surface area (Å²) in [5.74, 6) is -0.750. The first-order chi connectivity index (χ1) is 9.40. The molecule has 0 radical (unpaired) electrons. The van der Waals surface area contributed by atoms with E-state index in [0.717, 1.165) is 10.6 Å². The normalized spacial score (nSPS) is 10.6. The second-order valence-corrected chi connectivity index (χ2v) is 4.38. The van der Waals surface area contributed by atoms with Crippen LogP contribution in [0.3, 0.4) is 0 Å². The molecule has 0 saturated heterocycles. The smallest absolute Gasteiger partial charge is 0.423 e. The molecule has 0 aliphatic heterocycles. The Hall–Kier alpha value is -2.19. The van der Waals surface area contributed by atoms with Crippen molar-refractivity contribution in [2.75, 3.05) is 0 Å². The number of nitrogens with zero attached hydrogens (tertiary/aromatic N) is 2. The monoisotopic (exact) mass is 278 g/mol. The van der Waals surface area contributed by atoms with Crippen LogP contribution < -0.4 is 16.6 Å². The number of hydrogen-bond acceptors (Lipinski definition) is 4. The minimum Gasteiger partial charge on any atom is -0.423 e.